The molecule has 3 amide bonds. The number of rotatable bonds is 2. The van der Waals surface area contributed by atoms with E-state index in [1.807, 2.05) is 0 Å². The number of hydrogen-bond donors (Lipinski definition) is 1. The maximum Gasteiger partial charge on any atom is 0.280 e. The number of nitrogens with two attached hydrogens (primary N) is 1. The molecule has 0 aliphatic carbocycles. The second-order valence-electron chi connectivity index (χ2n) is 3.47. The Hall–Kier alpha value is -2.50. The Kier molecular flexibility index (Phi) is 2.70. The van der Waals surface area contributed by atoms with Gasteiger partial charge in [-0.1, -0.05) is 18.2 Å². The highest BCUT2D eigenvalue weighted by Gasteiger charge is 2.38. The molecule has 1 aromatic rings. The van der Waals surface area contributed by atoms with Crippen LogP contribution in [0.5, 0.6) is 0 Å². The third-order valence-electron chi connectivity index (χ3n) is 2.35. The normalized spacial score (nSPS) is 18.5. The van der Waals surface area contributed by atoms with Crippen LogP contribution in [0.4, 0.5) is 0 Å². The Morgan fingerprint density at radius 3 is 2.47 bits per heavy atom. The first-order valence-corrected chi connectivity index (χ1v) is 4.86. The molecule has 0 radical (unpaired) electrons. The van der Waals surface area contributed by atoms with Gasteiger partial charge in [-0.15, -0.1) is 0 Å². The molecule has 2 N–H and O–H groups in total. The van der Waals surface area contributed by atoms with Crippen LogP contribution in [0.15, 0.2) is 35.3 Å². The number of benzene rings is 1. The summed E-state index contributed by atoms with van der Waals surface area (Å²) < 4.78 is 0. The van der Waals surface area contributed by atoms with E-state index < -0.39 is 23.8 Å². The number of carbonyl (C=O) groups is 3. The maximum absolute atomic E-state index is 12.0. The van der Waals surface area contributed by atoms with E-state index in [2.05, 4.69) is 4.99 Å². The van der Waals surface area contributed by atoms with Gasteiger partial charge in [0.1, 0.15) is 6.34 Å². The second-order valence-corrected chi connectivity index (χ2v) is 3.47. The van der Waals surface area contributed by atoms with Crippen LogP contribution in [0.25, 0.3) is 0 Å². The van der Waals surface area contributed by atoms with Crippen LogP contribution in [-0.2, 0) is 9.59 Å². The zero-order chi connectivity index (χ0) is 12.4. The Balaban J connectivity index is 2.29. The standard InChI is InChI=1S/C11H9N3O3/c12-9(15)8-10(16)13-6-14(8)11(17)7-4-2-1-3-5-7/h1-6,8H,(H2,12,15). The van der Waals surface area contributed by atoms with Gasteiger partial charge in [0.2, 0.25) is 0 Å². The monoisotopic (exact) mass is 231 g/mol. The summed E-state index contributed by atoms with van der Waals surface area (Å²) >= 11 is 0. The van der Waals surface area contributed by atoms with Crippen LogP contribution in [0.2, 0.25) is 0 Å². The Morgan fingerprint density at radius 2 is 1.88 bits per heavy atom. The minimum Gasteiger partial charge on any atom is -0.367 e. The molecule has 6 heteroatoms. The summed E-state index contributed by atoms with van der Waals surface area (Å²) in [6, 6.07) is 6.95. The van der Waals surface area contributed by atoms with Gasteiger partial charge < -0.3 is 5.73 Å². The molecule has 0 spiro atoms. The van der Waals surface area contributed by atoms with E-state index in [9.17, 15) is 14.4 Å². The van der Waals surface area contributed by atoms with Crippen molar-refractivity contribution in [1.82, 2.24) is 4.90 Å². The Bertz CT molecular complexity index is 510. The van der Waals surface area contributed by atoms with Crippen molar-refractivity contribution in [3.63, 3.8) is 0 Å². The highest BCUT2D eigenvalue weighted by atomic mass is 16.2. The summed E-state index contributed by atoms with van der Waals surface area (Å²) in [5.74, 6) is -2.09. The molecule has 1 aliphatic heterocycles. The number of carbonyl (C=O) groups excluding carboxylic acids is 3. The number of nitrogens with zero attached hydrogens (tertiary/aromatic N) is 2. The fourth-order valence-corrected chi connectivity index (χ4v) is 1.53. The van der Waals surface area contributed by atoms with Crippen molar-refractivity contribution in [2.24, 2.45) is 10.7 Å². The van der Waals surface area contributed by atoms with Crippen LogP contribution in [0.1, 0.15) is 10.4 Å². The number of aliphatic imine (C=N–C) groups is 1. The number of primary amides is 1. The highest BCUT2D eigenvalue weighted by molar-refractivity contribution is 6.17. The lowest BCUT2D eigenvalue weighted by molar-refractivity contribution is -0.129. The SMILES string of the molecule is NC(=O)C1C(=O)N=CN1C(=O)c1ccccc1. The average Bonchev–Trinajstić information content (AvgIpc) is 2.71. The zero-order valence-corrected chi connectivity index (χ0v) is 8.74. The molecular formula is C11H9N3O3. The van der Waals surface area contributed by atoms with Gasteiger partial charge in [-0.2, -0.15) is 0 Å². The molecular weight excluding hydrogens is 222 g/mol. The van der Waals surface area contributed by atoms with Crippen LogP contribution >= 0.6 is 0 Å². The predicted octanol–water partition coefficient (Wildman–Crippen LogP) is -0.449. The Morgan fingerprint density at radius 1 is 1.24 bits per heavy atom. The van der Waals surface area contributed by atoms with Crippen LogP contribution in [0, 0.1) is 0 Å². The summed E-state index contributed by atoms with van der Waals surface area (Å²) in [5.41, 5.74) is 5.42. The van der Waals surface area contributed by atoms with E-state index in [-0.39, 0.29) is 0 Å². The quantitative estimate of drug-likeness (QED) is 0.698. The molecule has 0 aromatic heterocycles. The summed E-state index contributed by atoms with van der Waals surface area (Å²) in [4.78, 5) is 38.7. The summed E-state index contributed by atoms with van der Waals surface area (Å²) in [7, 11) is 0. The van der Waals surface area contributed by atoms with Gasteiger partial charge in [-0.3, -0.25) is 19.3 Å². The number of amides is 3. The molecule has 0 saturated carbocycles. The molecule has 1 aromatic carbocycles. The summed E-state index contributed by atoms with van der Waals surface area (Å²) in [6.45, 7) is 0. The average molecular weight is 231 g/mol. The minimum atomic E-state index is -1.33. The second kappa shape index (κ2) is 4.17. The third-order valence-corrected chi connectivity index (χ3v) is 2.35. The van der Waals surface area contributed by atoms with Crippen molar-refractivity contribution in [3.05, 3.63) is 35.9 Å². The Labute approximate surface area is 96.7 Å². The first kappa shape index (κ1) is 11.0. The van der Waals surface area contributed by atoms with E-state index in [4.69, 9.17) is 5.73 Å². The first-order valence-electron chi connectivity index (χ1n) is 4.86. The van der Waals surface area contributed by atoms with Crippen LogP contribution < -0.4 is 5.73 Å². The molecule has 0 bridgehead atoms. The van der Waals surface area contributed by atoms with E-state index >= 15 is 0 Å². The van der Waals surface area contributed by atoms with Gasteiger partial charge in [0.25, 0.3) is 17.7 Å². The lowest BCUT2D eigenvalue weighted by atomic mass is 10.1. The number of hydrogen-bond acceptors (Lipinski definition) is 3. The molecule has 1 atom stereocenters. The smallest absolute Gasteiger partial charge is 0.280 e. The predicted molar refractivity (Wildman–Crippen MR) is 59.1 cm³/mol. The lowest BCUT2D eigenvalue weighted by Gasteiger charge is -2.17. The molecule has 1 unspecified atom stereocenters. The summed E-state index contributed by atoms with van der Waals surface area (Å²) in [6.07, 6.45) is 1.03. The molecule has 0 fully saturated rings. The van der Waals surface area contributed by atoms with E-state index in [0.717, 1.165) is 11.2 Å². The highest BCUT2D eigenvalue weighted by Crippen LogP contribution is 2.12. The van der Waals surface area contributed by atoms with E-state index in [0.29, 0.717) is 5.56 Å². The van der Waals surface area contributed by atoms with Crippen molar-refractivity contribution >= 4 is 24.1 Å². The van der Waals surface area contributed by atoms with Crippen molar-refractivity contribution in [1.29, 1.82) is 0 Å². The molecule has 0 saturated heterocycles. The summed E-state index contributed by atoms with van der Waals surface area (Å²) in [5, 5.41) is 0. The van der Waals surface area contributed by atoms with Gasteiger partial charge in [0.15, 0.2) is 6.04 Å². The molecule has 17 heavy (non-hydrogen) atoms. The van der Waals surface area contributed by atoms with Gasteiger partial charge in [-0.05, 0) is 12.1 Å². The third kappa shape index (κ3) is 1.92. The molecule has 86 valence electrons. The fraction of sp³-hybridized carbons (Fsp3) is 0.0909. The van der Waals surface area contributed by atoms with E-state index in [1.54, 1.807) is 30.3 Å². The van der Waals surface area contributed by atoms with Gasteiger partial charge >= 0.3 is 0 Å². The van der Waals surface area contributed by atoms with Crippen molar-refractivity contribution < 1.29 is 14.4 Å². The fourth-order valence-electron chi connectivity index (χ4n) is 1.53. The van der Waals surface area contributed by atoms with Gasteiger partial charge in [0, 0.05) is 5.56 Å². The van der Waals surface area contributed by atoms with Crippen molar-refractivity contribution in [2.75, 3.05) is 0 Å². The van der Waals surface area contributed by atoms with Crippen LogP contribution in [0.3, 0.4) is 0 Å². The van der Waals surface area contributed by atoms with Gasteiger partial charge in [-0.25, -0.2) is 4.99 Å². The van der Waals surface area contributed by atoms with Crippen molar-refractivity contribution in [2.45, 2.75) is 6.04 Å². The van der Waals surface area contributed by atoms with E-state index in [1.165, 1.54) is 0 Å². The van der Waals surface area contributed by atoms with Crippen LogP contribution in [-0.4, -0.2) is 35.0 Å². The zero-order valence-electron chi connectivity index (χ0n) is 8.74. The van der Waals surface area contributed by atoms with Gasteiger partial charge in [0.05, 0.1) is 0 Å². The van der Waals surface area contributed by atoms with Crippen molar-refractivity contribution in [3.8, 4) is 0 Å². The first-order chi connectivity index (χ1) is 8.11. The molecule has 2 rings (SSSR count). The molecule has 1 heterocycles. The topological polar surface area (TPSA) is 92.8 Å². The molecule has 1 aliphatic rings. The molecule has 6 nitrogen and oxygen atoms in total. The maximum atomic E-state index is 12.0. The lowest BCUT2D eigenvalue weighted by Crippen LogP contribution is -2.47. The minimum absolute atomic E-state index is 0.361. The largest absolute Gasteiger partial charge is 0.367 e.